The van der Waals surface area contributed by atoms with Crippen LogP contribution in [-0.2, 0) is 7.05 Å². The molecule has 0 radical (unpaired) electrons. The lowest BCUT2D eigenvalue weighted by molar-refractivity contribution is 0.421. The van der Waals surface area contributed by atoms with E-state index in [0.29, 0.717) is 6.04 Å². The first-order valence-electron chi connectivity index (χ1n) is 6.75. The van der Waals surface area contributed by atoms with Gasteiger partial charge in [0.1, 0.15) is 12.2 Å². The van der Waals surface area contributed by atoms with Crippen molar-refractivity contribution >= 4 is 0 Å². The van der Waals surface area contributed by atoms with Crippen molar-refractivity contribution in [3.05, 3.63) is 12.2 Å². The number of hydrogen-bond donors (Lipinski definition) is 1. The molecule has 0 aliphatic heterocycles. The van der Waals surface area contributed by atoms with Crippen LogP contribution in [0.1, 0.15) is 64.7 Å². The molecular formula is C13H26N4. The molecule has 0 aliphatic carbocycles. The Bertz CT molecular complexity index is 308. The van der Waals surface area contributed by atoms with Crippen LogP contribution in [0.25, 0.3) is 0 Å². The van der Waals surface area contributed by atoms with Crippen LogP contribution in [0, 0.1) is 0 Å². The Morgan fingerprint density at radius 1 is 1.29 bits per heavy atom. The van der Waals surface area contributed by atoms with Crippen LogP contribution in [0.4, 0.5) is 0 Å². The van der Waals surface area contributed by atoms with Crippen molar-refractivity contribution in [1.29, 1.82) is 0 Å². The maximum absolute atomic E-state index is 4.13. The summed E-state index contributed by atoms with van der Waals surface area (Å²) in [5.74, 6) is 1.01. The fourth-order valence-corrected chi connectivity index (χ4v) is 2.15. The van der Waals surface area contributed by atoms with E-state index in [-0.39, 0.29) is 6.04 Å². The molecule has 2 atom stereocenters. The average Bonchev–Trinajstić information content (AvgIpc) is 2.71. The van der Waals surface area contributed by atoms with Gasteiger partial charge in [-0.05, 0) is 20.3 Å². The van der Waals surface area contributed by atoms with Gasteiger partial charge >= 0.3 is 0 Å². The lowest BCUT2D eigenvalue weighted by atomic mass is 10.1. The van der Waals surface area contributed by atoms with Gasteiger partial charge in [-0.1, -0.05) is 32.6 Å². The smallest absolute Gasteiger partial charge is 0.149 e. The van der Waals surface area contributed by atoms with Gasteiger partial charge in [0.15, 0.2) is 0 Å². The zero-order chi connectivity index (χ0) is 12.7. The first-order valence-corrected chi connectivity index (χ1v) is 6.75. The van der Waals surface area contributed by atoms with Gasteiger partial charge in [0, 0.05) is 13.1 Å². The molecule has 0 aliphatic rings. The first-order chi connectivity index (χ1) is 8.15. The van der Waals surface area contributed by atoms with Gasteiger partial charge in [-0.25, -0.2) is 0 Å². The molecule has 1 aromatic heterocycles. The monoisotopic (exact) mass is 238 g/mol. The van der Waals surface area contributed by atoms with Crippen molar-refractivity contribution < 1.29 is 0 Å². The van der Waals surface area contributed by atoms with Gasteiger partial charge in [-0.2, -0.15) is 0 Å². The van der Waals surface area contributed by atoms with Crippen LogP contribution in [0.5, 0.6) is 0 Å². The largest absolute Gasteiger partial charge is 0.319 e. The van der Waals surface area contributed by atoms with E-state index < -0.39 is 0 Å². The number of unbranched alkanes of at least 4 members (excludes halogenated alkanes) is 3. The first kappa shape index (κ1) is 14.2. The van der Waals surface area contributed by atoms with E-state index in [1.807, 2.05) is 11.6 Å². The number of hydrogen-bond acceptors (Lipinski definition) is 3. The van der Waals surface area contributed by atoms with Crippen molar-refractivity contribution in [2.75, 3.05) is 0 Å². The molecule has 0 amide bonds. The van der Waals surface area contributed by atoms with Crippen LogP contribution in [0.2, 0.25) is 0 Å². The molecule has 4 nitrogen and oxygen atoms in total. The molecule has 0 saturated carbocycles. The topological polar surface area (TPSA) is 42.7 Å². The second-order valence-corrected chi connectivity index (χ2v) is 4.94. The Hall–Kier alpha value is -0.900. The highest BCUT2D eigenvalue weighted by Gasteiger charge is 2.13. The lowest BCUT2D eigenvalue weighted by Crippen LogP contribution is -2.30. The van der Waals surface area contributed by atoms with E-state index in [9.17, 15) is 0 Å². The third-order valence-electron chi connectivity index (χ3n) is 3.16. The molecule has 0 saturated heterocycles. The van der Waals surface area contributed by atoms with Crippen molar-refractivity contribution in [1.82, 2.24) is 20.1 Å². The molecule has 1 aromatic rings. The zero-order valence-electron chi connectivity index (χ0n) is 11.6. The molecule has 17 heavy (non-hydrogen) atoms. The average molecular weight is 238 g/mol. The van der Waals surface area contributed by atoms with Gasteiger partial charge in [0.25, 0.3) is 0 Å². The van der Waals surface area contributed by atoms with Gasteiger partial charge in [0.05, 0.1) is 6.04 Å². The number of nitrogens with zero attached hydrogens (tertiary/aromatic N) is 3. The predicted octanol–water partition coefficient (Wildman–Crippen LogP) is 2.82. The van der Waals surface area contributed by atoms with Crippen LogP contribution in [0.3, 0.4) is 0 Å². The second-order valence-electron chi connectivity index (χ2n) is 4.94. The maximum atomic E-state index is 4.13. The standard InChI is InChI=1S/C13H26N4/c1-5-6-7-8-9-11(2)15-12(3)13-16-14-10-17(13)4/h10-12,15H,5-9H2,1-4H3. The molecule has 0 bridgehead atoms. The molecule has 0 fully saturated rings. The highest BCUT2D eigenvalue weighted by atomic mass is 15.3. The minimum atomic E-state index is 0.267. The van der Waals surface area contributed by atoms with Crippen LogP contribution < -0.4 is 5.32 Å². The van der Waals surface area contributed by atoms with Gasteiger partial charge < -0.3 is 9.88 Å². The molecule has 0 aromatic carbocycles. The molecule has 0 spiro atoms. The van der Waals surface area contributed by atoms with E-state index in [1.54, 1.807) is 6.33 Å². The molecule has 1 N–H and O–H groups in total. The number of aromatic nitrogens is 3. The van der Waals surface area contributed by atoms with Gasteiger partial charge in [-0.15, -0.1) is 10.2 Å². The molecule has 1 rings (SSSR count). The summed E-state index contributed by atoms with van der Waals surface area (Å²) in [5, 5.41) is 11.6. The van der Waals surface area contributed by atoms with E-state index in [2.05, 4.69) is 36.3 Å². The summed E-state index contributed by atoms with van der Waals surface area (Å²) in [6.45, 7) is 6.64. The summed E-state index contributed by atoms with van der Waals surface area (Å²) in [4.78, 5) is 0. The Balaban J connectivity index is 2.26. The highest BCUT2D eigenvalue weighted by Crippen LogP contribution is 2.11. The summed E-state index contributed by atoms with van der Waals surface area (Å²) < 4.78 is 1.97. The lowest BCUT2D eigenvalue weighted by Gasteiger charge is -2.19. The molecule has 1 heterocycles. The van der Waals surface area contributed by atoms with Crippen LogP contribution in [-0.4, -0.2) is 20.8 Å². The third kappa shape index (κ3) is 4.86. The Labute approximate surface area is 105 Å². The number of aryl methyl sites for hydroxylation is 1. The van der Waals surface area contributed by atoms with Crippen molar-refractivity contribution in [2.24, 2.45) is 7.05 Å². The van der Waals surface area contributed by atoms with Crippen LogP contribution >= 0.6 is 0 Å². The van der Waals surface area contributed by atoms with E-state index in [1.165, 1.54) is 32.1 Å². The summed E-state index contributed by atoms with van der Waals surface area (Å²) >= 11 is 0. The highest BCUT2D eigenvalue weighted by molar-refractivity contribution is 4.92. The maximum Gasteiger partial charge on any atom is 0.149 e. The SMILES string of the molecule is CCCCCCC(C)NC(C)c1nncn1C. The van der Waals surface area contributed by atoms with Gasteiger partial charge in [-0.3, -0.25) is 0 Å². The van der Waals surface area contributed by atoms with Crippen molar-refractivity contribution in [3.8, 4) is 0 Å². The second kappa shape index (κ2) is 7.43. The van der Waals surface area contributed by atoms with Gasteiger partial charge in [0.2, 0.25) is 0 Å². The summed E-state index contributed by atoms with van der Waals surface area (Å²) in [5.41, 5.74) is 0. The Kier molecular flexibility index (Phi) is 6.19. The summed E-state index contributed by atoms with van der Waals surface area (Å²) in [7, 11) is 1.99. The minimum Gasteiger partial charge on any atom is -0.319 e. The van der Waals surface area contributed by atoms with Crippen molar-refractivity contribution in [3.63, 3.8) is 0 Å². The minimum absolute atomic E-state index is 0.267. The Morgan fingerprint density at radius 2 is 2.06 bits per heavy atom. The third-order valence-corrected chi connectivity index (χ3v) is 3.16. The fraction of sp³-hybridized carbons (Fsp3) is 0.846. The molecule has 4 heteroatoms. The summed E-state index contributed by atoms with van der Waals surface area (Å²) in [6, 6.07) is 0.808. The Morgan fingerprint density at radius 3 is 2.65 bits per heavy atom. The predicted molar refractivity (Wildman–Crippen MR) is 70.8 cm³/mol. The number of nitrogens with one attached hydrogen (secondary N) is 1. The zero-order valence-corrected chi connectivity index (χ0v) is 11.6. The summed E-state index contributed by atoms with van der Waals surface area (Å²) in [6.07, 6.45) is 8.30. The van der Waals surface area contributed by atoms with E-state index in [4.69, 9.17) is 0 Å². The fourth-order valence-electron chi connectivity index (χ4n) is 2.15. The van der Waals surface area contributed by atoms with Crippen LogP contribution in [0.15, 0.2) is 6.33 Å². The molecule has 98 valence electrons. The van der Waals surface area contributed by atoms with E-state index in [0.717, 1.165) is 5.82 Å². The quantitative estimate of drug-likeness (QED) is 0.708. The van der Waals surface area contributed by atoms with Crippen molar-refractivity contribution in [2.45, 2.75) is 65.0 Å². The number of rotatable bonds is 8. The van der Waals surface area contributed by atoms with E-state index >= 15 is 0 Å². The normalized spacial score (nSPS) is 14.8. The molecular weight excluding hydrogens is 212 g/mol. The molecule has 2 unspecified atom stereocenters.